The van der Waals surface area contributed by atoms with Gasteiger partial charge in [-0.05, 0) is 37.3 Å². The molecule has 1 aliphatic rings. The molecule has 5 rings (SSSR count). The molecule has 0 unspecified atom stereocenters. The second kappa shape index (κ2) is 11.7. The fraction of sp³-hybridized carbons (Fsp3) is 0.111. The van der Waals surface area contributed by atoms with Crippen LogP contribution in [0.4, 0.5) is 21.0 Å². The number of primary amides is 2. The lowest BCUT2D eigenvalue weighted by Gasteiger charge is -2.21. The maximum Gasteiger partial charge on any atom is 0.337 e. The second-order valence-corrected chi connectivity index (χ2v) is 9.10. The summed E-state index contributed by atoms with van der Waals surface area (Å²) < 4.78 is 11.4. The Labute approximate surface area is 231 Å². The molecule has 1 aromatic heterocycles. The number of amides is 4. The molecule has 0 saturated carbocycles. The summed E-state index contributed by atoms with van der Waals surface area (Å²) in [7, 11) is 0. The molecule has 0 atom stereocenters. The highest BCUT2D eigenvalue weighted by molar-refractivity contribution is 9.10. The van der Waals surface area contributed by atoms with Crippen molar-refractivity contribution in [3.05, 3.63) is 76.8 Å². The number of carbonyl (C=O) groups is 3. The first-order valence-corrected chi connectivity index (χ1v) is 12.4. The number of anilines is 2. The fourth-order valence-electron chi connectivity index (χ4n) is 3.96. The van der Waals surface area contributed by atoms with Crippen LogP contribution in [0.2, 0.25) is 0 Å². The van der Waals surface area contributed by atoms with Gasteiger partial charge in [-0.25, -0.2) is 19.4 Å². The minimum absolute atomic E-state index is 0.164. The Morgan fingerprint density at radius 3 is 2.33 bits per heavy atom. The summed E-state index contributed by atoms with van der Waals surface area (Å²) in [5.41, 5.74) is 13.3. The number of hydrogen-bond acceptors (Lipinski definition) is 6. The van der Waals surface area contributed by atoms with Crippen LogP contribution < -0.4 is 31.2 Å². The quantitative estimate of drug-likeness (QED) is 0.247. The van der Waals surface area contributed by atoms with Gasteiger partial charge in [0.1, 0.15) is 0 Å². The number of hydrogen-bond donors (Lipinski definition) is 4. The van der Waals surface area contributed by atoms with Gasteiger partial charge in [-0.15, -0.1) is 0 Å². The average molecular weight is 594 g/mol. The van der Waals surface area contributed by atoms with E-state index in [1.165, 1.54) is 4.90 Å². The van der Waals surface area contributed by atoms with E-state index >= 15 is 0 Å². The van der Waals surface area contributed by atoms with Gasteiger partial charge in [0.2, 0.25) is 6.79 Å². The van der Waals surface area contributed by atoms with Crippen LogP contribution in [0.5, 0.6) is 11.5 Å². The number of carbonyl (C=O) groups excluding carboxylic acids is 2. The molecule has 6 N–H and O–H groups in total. The Bertz CT molecular complexity index is 1560. The number of rotatable bonds is 5. The third kappa shape index (κ3) is 6.18. The van der Waals surface area contributed by atoms with Crippen LogP contribution in [0.25, 0.3) is 22.2 Å². The highest BCUT2D eigenvalue weighted by Crippen LogP contribution is 2.37. The van der Waals surface area contributed by atoms with Crippen molar-refractivity contribution in [2.24, 2.45) is 11.5 Å². The SMILES string of the molecule is CCN(C(N)=O)c1ccc(Br)cc1NC(N)=O.O=C(O)c1cc2cc3c(cc2nc1-c1ccccc1)OCO3. The molecule has 0 fully saturated rings. The molecule has 3 aromatic carbocycles. The Balaban J connectivity index is 0.000000188. The van der Waals surface area contributed by atoms with Crippen LogP contribution in [-0.2, 0) is 0 Å². The Morgan fingerprint density at radius 2 is 1.72 bits per heavy atom. The topological polar surface area (TPSA) is 170 Å². The number of nitrogens with two attached hydrogens (primary N) is 2. The number of ether oxygens (including phenoxy) is 2. The highest BCUT2D eigenvalue weighted by Gasteiger charge is 2.19. The third-order valence-corrected chi connectivity index (χ3v) is 6.17. The largest absolute Gasteiger partial charge is 0.478 e. The van der Waals surface area contributed by atoms with Crippen molar-refractivity contribution in [3.8, 4) is 22.8 Å². The number of nitrogens with zero attached hydrogens (tertiary/aromatic N) is 2. The van der Waals surface area contributed by atoms with E-state index in [4.69, 9.17) is 20.9 Å². The Hall–Kier alpha value is -4.84. The molecule has 39 heavy (non-hydrogen) atoms. The van der Waals surface area contributed by atoms with Gasteiger partial charge < -0.3 is 31.4 Å². The molecule has 0 radical (unpaired) electrons. The normalized spacial score (nSPS) is 11.3. The molecular weight excluding hydrogens is 570 g/mol. The van der Waals surface area contributed by atoms with Crippen LogP contribution in [0.3, 0.4) is 0 Å². The minimum atomic E-state index is -1.01. The molecule has 4 amide bonds. The van der Waals surface area contributed by atoms with Crippen molar-refractivity contribution in [2.75, 3.05) is 23.6 Å². The molecule has 1 aliphatic heterocycles. The molecule has 0 spiro atoms. The molecule has 0 bridgehead atoms. The van der Waals surface area contributed by atoms with E-state index in [9.17, 15) is 19.5 Å². The smallest absolute Gasteiger partial charge is 0.337 e. The lowest BCUT2D eigenvalue weighted by molar-refractivity contribution is 0.0697. The molecule has 12 heteroatoms. The van der Waals surface area contributed by atoms with Crippen molar-refractivity contribution < 1.29 is 29.0 Å². The molecule has 0 aliphatic carbocycles. The number of carboxylic acids is 1. The number of pyridine rings is 1. The van der Waals surface area contributed by atoms with Crippen LogP contribution in [0, 0.1) is 0 Å². The first kappa shape index (κ1) is 27.2. The summed E-state index contributed by atoms with van der Waals surface area (Å²) >= 11 is 3.27. The van der Waals surface area contributed by atoms with Gasteiger partial charge in [0.05, 0.1) is 28.1 Å². The number of aromatic carboxylic acids is 1. The molecular formula is C27H24BrN5O6. The van der Waals surface area contributed by atoms with E-state index in [1.807, 2.05) is 30.3 Å². The zero-order valence-electron chi connectivity index (χ0n) is 20.7. The lowest BCUT2D eigenvalue weighted by atomic mass is 10.0. The zero-order valence-corrected chi connectivity index (χ0v) is 22.3. The highest BCUT2D eigenvalue weighted by atomic mass is 79.9. The monoisotopic (exact) mass is 593 g/mol. The third-order valence-electron chi connectivity index (χ3n) is 5.68. The number of aromatic nitrogens is 1. The number of urea groups is 2. The maximum absolute atomic E-state index is 11.6. The predicted molar refractivity (Wildman–Crippen MR) is 150 cm³/mol. The van der Waals surface area contributed by atoms with Gasteiger partial charge in [-0.2, -0.15) is 0 Å². The number of fused-ring (bicyclic) bond motifs is 2. The van der Waals surface area contributed by atoms with E-state index in [0.717, 1.165) is 10.0 Å². The van der Waals surface area contributed by atoms with E-state index in [0.29, 0.717) is 46.0 Å². The van der Waals surface area contributed by atoms with Crippen LogP contribution in [-0.4, -0.2) is 41.5 Å². The van der Waals surface area contributed by atoms with E-state index in [1.54, 1.807) is 43.3 Å². The van der Waals surface area contributed by atoms with Crippen LogP contribution >= 0.6 is 15.9 Å². The molecule has 0 saturated heterocycles. The van der Waals surface area contributed by atoms with Gasteiger partial charge >= 0.3 is 18.0 Å². The predicted octanol–water partition coefficient (Wildman–Crippen LogP) is 5.17. The van der Waals surface area contributed by atoms with Crippen molar-refractivity contribution >= 4 is 56.2 Å². The lowest BCUT2D eigenvalue weighted by Crippen LogP contribution is -2.36. The number of benzene rings is 3. The second-order valence-electron chi connectivity index (χ2n) is 8.19. The van der Waals surface area contributed by atoms with E-state index in [-0.39, 0.29) is 12.4 Å². The zero-order chi connectivity index (χ0) is 28.1. The van der Waals surface area contributed by atoms with Crippen molar-refractivity contribution in [3.63, 3.8) is 0 Å². The fourth-order valence-corrected chi connectivity index (χ4v) is 4.33. The van der Waals surface area contributed by atoms with Crippen molar-refractivity contribution in [1.82, 2.24) is 4.98 Å². The summed E-state index contributed by atoms with van der Waals surface area (Å²) in [4.78, 5) is 39.6. The molecule has 200 valence electrons. The summed E-state index contributed by atoms with van der Waals surface area (Å²) in [6, 6.07) is 18.2. The average Bonchev–Trinajstić information content (AvgIpc) is 3.36. The first-order chi connectivity index (χ1) is 18.7. The van der Waals surface area contributed by atoms with Gasteiger partial charge in [0.25, 0.3) is 0 Å². The van der Waals surface area contributed by atoms with Gasteiger partial charge in [0.15, 0.2) is 11.5 Å². The minimum Gasteiger partial charge on any atom is -0.478 e. The summed E-state index contributed by atoms with van der Waals surface area (Å²) in [6.45, 7) is 2.34. The van der Waals surface area contributed by atoms with Gasteiger partial charge in [0, 0.05) is 28.0 Å². The summed E-state index contributed by atoms with van der Waals surface area (Å²) in [6.07, 6.45) is 0. The van der Waals surface area contributed by atoms with E-state index < -0.39 is 18.0 Å². The first-order valence-electron chi connectivity index (χ1n) is 11.6. The van der Waals surface area contributed by atoms with Gasteiger partial charge in [-0.3, -0.25) is 4.90 Å². The standard InChI is InChI=1S/C17H11NO4.C10H13BrN4O2/c19-17(20)12-6-11-7-14-15(22-9-21-14)8-13(11)18-16(12)10-4-2-1-3-5-10;1-2-15(10(13)17)8-4-3-6(11)5-7(8)14-9(12)16/h1-8H,9H2,(H,19,20);3-5H,2H2,1H3,(H2,13,17)(H3,12,14,16). The Kier molecular flexibility index (Phi) is 8.15. The Morgan fingerprint density at radius 1 is 1.03 bits per heavy atom. The number of nitrogens with one attached hydrogen (secondary N) is 1. The van der Waals surface area contributed by atoms with Crippen LogP contribution in [0.15, 0.2) is 71.2 Å². The summed E-state index contributed by atoms with van der Waals surface area (Å²) in [5.74, 6) is 0.228. The van der Waals surface area contributed by atoms with E-state index in [2.05, 4.69) is 26.2 Å². The molecule has 4 aromatic rings. The van der Waals surface area contributed by atoms with Crippen molar-refractivity contribution in [1.29, 1.82) is 0 Å². The number of carboxylic acid groups (broad SMARTS) is 1. The molecule has 11 nitrogen and oxygen atoms in total. The van der Waals surface area contributed by atoms with Crippen molar-refractivity contribution in [2.45, 2.75) is 6.92 Å². The van der Waals surface area contributed by atoms with Gasteiger partial charge in [-0.1, -0.05) is 46.3 Å². The molecule has 2 heterocycles. The maximum atomic E-state index is 11.6. The number of halogens is 1. The van der Waals surface area contributed by atoms with Crippen LogP contribution in [0.1, 0.15) is 17.3 Å². The summed E-state index contributed by atoms with van der Waals surface area (Å²) in [5, 5.41) is 12.6.